The Bertz CT molecular complexity index is 124. The molecule has 0 aromatic rings. The second-order valence-electron chi connectivity index (χ2n) is 1.54. The van der Waals surface area contributed by atoms with E-state index in [0.717, 1.165) is 19.4 Å². The van der Waals surface area contributed by atoms with Crippen LogP contribution in [0, 0.1) is 11.5 Å². The molecule has 50 valence electrons. The molecule has 4 nitrogen and oxygen atoms in total. The molecule has 0 unspecified atom stereocenters. The molecule has 10 heavy (non-hydrogen) atoms. The molecule has 0 bridgehead atoms. The van der Waals surface area contributed by atoms with Crippen LogP contribution in [0.3, 0.4) is 0 Å². The molecule has 1 aliphatic rings. The van der Waals surface area contributed by atoms with Gasteiger partial charge in [-0.2, -0.15) is 0 Å². The van der Waals surface area contributed by atoms with Gasteiger partial charge in [-0.1, -0.05) is 0 Å². The summed E-state index contributed by atoms with van der Waals surface area (Å²) in [6, 6.07) is 0. The zero-order valence-electron chi connectivity index (χ0n) is 5.89. The van der Waals surface area contributed by atoms with Gasteiger partial charge in [-0.25, -0.2) is 5.26 Å². The molecule has 1 rings (SSSR count). The molecule has 1 aliphatic heterocycles. The van der Waals surface area contributed by atoms with Gasteiger partial charge in [0.05, 0.1) is 0 Å². The molecule has 1 fully saturated rings. The second-order valence-corrected chi connectivity index (χ2v) is 1.54. The van der Waals surface area contributed by atoms with Gasteiger partial charge in [0.25, 0.3) is 0 Å². The molecular weight excluding hydrogens is 143 g/mol. The van der Waals surface area contributed by atoms with Gasteiger partial charge in [-0.3, -0.25) is 4.79 Å². The number of nitriles is 1. The maximum absolute atomic E-state index is 10.1. The largest absolute Gasteiger partial charge is 1.00 e. The monoisotopic (exact) mass is 150 g/mol. The van der Waals surface area contributed by atoms with Crippen molar-refractivity contribution in [3.8, 4) is 6.26 Å². The van der Waals surface area contributed by atoms with Gasteiger partial charge in [0.15, 0.2) is 0 Å². The number of carbonyl (C=O) groups is 1. The molecule has 0 radical (unpaired) electrons. The third-order valence-electron chi connectivity index (χ3n) is 0.903. The minimum Gasteiger partial charge on any atom is -0.812 e. The second kappa shape index (κ2) is 8.76. The van der Waals surface area contributed by atoms with E-state index in [0.29, 0.717) is 6.26 Å². The number of rotatable bonds is 0. The van der Waals surface area contributed by atoms with Crippen molar-refractivity contribution in [1.82, 2.24) is 5.32 Å². The van der Waals surface area contributed by atoms with Gasteiger partial charge < -0.3 is 10.4 Å². The molecule has 0 saturated carbocycles. The first-order chi connectivity index (χ1) is 4.31. The Morgan fingerprint density at radius 1 is 1.70 bits per heavy atom. The van der Waals surface area contributed by atoms with Crippen molar-refractivity contribution >= 4 is 5.91 Å². The Morgan fingerprint density at radius 3 is 2.30 bits per heavy atom. The Morgan fingerprint density at radius 2 is 2.20 bits per heavy atom. The SMILES string of the molecule is N#C[O-].O=C1CCCN1.[Na+]. The van der Waals surface area contributed by atoms with Crippen LogP contribution in [0.2, 0.25) is 0 Å². The van der Waals surface area contributed by atoms with E-state index < -0.39 is 0 Å². The van der Waals surface area contributed by atoms with E-state index in [2.05, 4.69) is 5.32 Å². The van der Waals surface area contributed by atoms with Crippen LogP contribution in [0.15, 0.2) is 0 Å². The molecule has 1 N–H and O–H groups in total. The molecular formula is C5H7N2NaO2. The molecule has 0 spiro atoms. The van der Waals surface area contributed by atoms with E-state index in [1.165, 1.54) is 0 Å². The number of nitrogens with zero attached hydrogens (tertiary/aromatic N) is 1. The van der Waals surface area contributed by atoms with E-state index >= 15 is 0 Å². The fourth-order valence-electron chi connectivity index (χ4n) is 0.565. The number of hydrogen-bond donors (Lipinski definition) is 1. The van der Waals surface area contributed by atoms with Gasteiger partial charge in [-0.15, -0.1) is 0 Å². The fourth-order valence-corrected chi connectivity index (χ4v) is 0.565. The van der Waals surface area contributed by atoms with Crippen LogP contribution in [-0.4, -0.2) is 12.5 Å². The van der Waals surface area contributed by atoms with Crippen LogP contribution in [0.25, 0.3) is 0 Å². The van der Waals surface area contributed by atoms with E-state index in [4.69, 9.17) is 10.4 Å². The molecule has 0 aromatic carbocycles. The summed E-state index contributed by atoms with van der Waals surface area (Å²) in [5, 5.41) is 17.7. The summed E-state index contributed by atoms with van der Waals surface area (Å²) < 4.78 is 0. The first-order valence-electron chi connectivity index (χ1n) is 2.59. The first-order valence-corrected chi connectivity index (χ1v) is 2.59. The molecule has 5 heteroatoms. The van der Waals surface area contributed by atoms with Crippen molar-refractivity contribution in [3.05, 3.63) is 0 Å². The predicted octanol–water partition coefficient (Wildman–Crippen LogP) is -4.27. The van der Waals surface area contributed by atoms with Gasteiger partial charge in [-0.05, 0) is 6.42 Å². The van der Waals surface area contributed by atoms with Gasteiger partial charge >= 0.3 is 29.6 Å². The standard InChI is InChI=1S/C4H7NO.CHNO.Na/c6-4-2-1-3-5-4;2-1-3;/h1-3H2,(H,5,6);3H;/q;;+1/p-1. The topological polar surface area (TPSA) is 75.9 Å². The van der Waals surface area contributed by atoms with Crippen molar-refractivity contribution in [2.24, 2.45) is 0 Å². The molecule has 0 aromatic heterocycles. The molecule has 1 amide bonds. The quantitative estimate of drug-likeness (QED) is 0.280. The summed E-state index contributed by atoms with van der Waals surface area (Å²) in [5.41, 5.74) is 0. The Balaban J connectivity index is 0. The minimum atomic E-state index is 0. The van der Waals surface area contributed by atoms with E-state index in [1.54, 1.807) is 0 Å². The van der Waals surface area contributed by atoms with Crippen molar-refractivity contribution in [1.29, 1.82) is 5.26 Å². The number of nitrogens with one attached hydrogen (secondary N) is 1. The van der Waals surface area contributed by atoms with E-state index in [-0.39, 0.29) is 35.5 Å². The Hall–Kier alpha value is -0.240. The zero-order valence-corrected chi connectivity index (χ0v) is 7.89. The van der Waals surface area contributed by atoms with Crippen molar-refractivity contribution in [2.45, 2.75) is 12.8 Å². The van der Waals surface area contributed by atoms with Gasteiger partial charge in [0, 0.05) is 19.2 Å². The maximum atomic E-state index is 10.1. The normalized spacial score (nSPS) is 13.3. The summed E-state index contributed by atoms with van der Waals surface area (Å²) in [5.74, 6) is 0.204. The van der Waals surface area contributed by atoms with Gasteiger partial charge in [0.1, 0.15) is 0 Å². The van der Waals surface area contributed by atoms with Crippen molar-refractivity contribution in [2.75, 3.05) is 6.54 Å². The summed E-state index contributed by atoms with van der Waals surface area (Å²) >= 11 is 0. The molecule has 0 aliphatic carbocycles. The minimum absolute atomic E-state index is 0. The van der Waals surface area contributed by atoms with Crippen LogP contribution in [-0.2, 0) is 4.79 Å². The molecule has 0 atom stereocenters. The summed E-state index contributed by atoms with van der Waals surface area (Å²) in [6.07, 6.45) is 2.26. The fraction of sp³-hybridized carbons (Fsp3) is 0.600. The molecule has 1 saturated heterocycles. The molecule has 1 heterocycles. The number of amides is 1. The number of hydrogen-bond acceptors (Lipinski definition) is 3. The Kier molecular flexibility index (Phi) is 10.9. The third-order valence-corrected chi connectivity index (χ3v) is 0.903. The summed E-state index contributed by atoms with van der Waals surface area (Å²) in [6.45, 7) is 0.888. The van der Waals surface area contributed by atoms with Crippen LogP contribution >= 0.6 is 0 Å². The van der Waals surface area contributed by atoms with Crippen LogP contribution < -0.4 is 40.0 Å². The number of carbonyl (C=O) groups excluding carboxylic acids is 1. The maximum Gasteiger partial charge on any atom is 1.00 e. The van der Waals surface area contributed by atoms with E-state index in [1.807, 2.05) is 0 Å². The van der Waals surface area contributed by atoms with Gasteiger partial charge in [0.2, 0.25) is 5.91 Å². The zero-order chi connectivity index (χ0) is 7.11. The van der Waals surface area contributed by atoms with Crippen molar-refractivity contribution in [3.63, 3.8) is 0 Å². The van der Waals surface area contributed by atoms with Crippen molar-refractivity contribution < 1.29 is 39.5 Å². The summed E-state index contributed by atoms with van der Waals surface area (Å²) in [7, 11) is 0. The third kappa shape index (κ3) is 7.76. The average Bonchev–Trinajstić information content (AvgIpc) is 2.20. The van der Waals surface area contributed by atoms with Crippen LogP contribution in [0.5, 0.6) is 0 Å². The van der Waals surface area contributed by atoms with Crippen LogP contribution in [0.1, 0.15) is 12.8 Å². The van der Waals surface area contributed by atoms with E-state index in [9.17, 15) is 4.79 Å². The van der Waals surface area contributed by atoms with Crippen LogP contribution in [0.4, 0.5) is 0 Å². The summed E-state index contributed by atoms with van der Waals surface area (Å²) in [4.78, 5) is 10.1. The first kappa shape index (κ1) is 12.4. The smallest absolute Gasteiger partial charge is 0.812 e. The average molecular weight is 150 g/mol. The predicted molar refractivity (Wildman–Crippen MR) is 27.9 cm³/mol. The Labute approximate surface area is 81.5 Å².